The van der Waals surface area contributed by atoms with Gasteiger partial charge in [0.2, 0.25) is 0 Å². The Labute approximate surface area is 131 Å². The fraction of sp³-hybridized carbons (Fsp3) is 0.316. The standard InChI is InChI=1S/C19H22N2O/c1-14-7-9-16(10-8-14)19(11-12-19)13-20-18(22)21-17-6-4-3-5-15(17)2/h3-10H,11-13H2,1-2H3,(H2,20,21,22). The number of urea groups is 1. The molecular weight excluding hydrogens is 272 g/mol. The SMILES string of the molecule is Cc1ccc(C2(CNC(=O)Nc3ccccc3C)CC2)cc1. The van der Waals surface area contributed by atoms with Gasteiger partial charge in [-0.15, -0.1) is 0 Å². The Bertz CT molecular complexity index is 672. The molecule has 3 heteroatoms. The van der Waals surface area contributed by atoms with E-state index in [9.17, 15) is 4.79 Å². The Morgan fingerprint density at radius 2 is 1.73 bits per heavy atom. The van der Waals surface area contributed by atoms with E-state index in [0.29, 0.717) is 6.54 Å². The van der Waals surface area contributed by atoms with Crippen molar-refractivity contribution >= 4 is 11.7 Å². The van der Waals surface area contributed by atoms with Crippen molar-refractivity contribution in [1.29, 1.82) is 0 Å². The van der Waals surface area contributed by atoms with Crippen molar-refractivity contribution in [2.24, 2.45) is 0 Å². The molecule has 0 aromatic heterocycles. The third-order valence-electron chi connectivity index (χ3n) is 4.50. The topological polar surface area (TPSA) is 41.1 Å². The Morgan fingerprint density at radius 3 is 2.36 bits per heavy atom. The van der Waals surface area contributed by atoms with Crippen LogP contribution in [0, 0.1) is 13.8 Å². The average Bonchev–Trinajstić information content (AvgIpc) is 3.29. The summed E-state index contributed by atoms with van der Waals surface area (Å²) in [6.45, 7) is 4.77. The second-order valence-corrected chi connectivity index (χ2v) is 6.27. The minimum Gasteiger partial charge on any atom is -0.337 e. The van der Waals surface area contributed by atoms with Gasteiger partial charge < -0.3 is 10.6 Å². The van der Waals surface area contributed by atoms with Crippen LogP contribution in [-0.2, 0) is 5.41 Å². The van der Waals surface area contributed by atoms with Gasteiger partial charge in [-0.1, -0.05) is 48.0 Å². The predicted octanol–water partition coefficient (Wildman–Crippen LogP) is 4.16. The third-order valence-corrected chi connectivity index (χ3v) is 4.50. The molecule has 0 spiro atoms. The number of anilines is 1. The van der Waals surface area contributed by atoms with E-state index < -0.39 is 0 Å². The molecule has 0 saturated heterocycles. The number of rotatable bonds is 4. The monoisotopic (exact) mass is 294 g/mol. The first kappa shape index (κ1) is 14.6. The second-order valence-electron chi connectivity index (χ2n) is 6.27. The van der Waals surface area contributed by atoms with Crippen molar-refractivity contribution in [2.45, 2.75) is 32.1 Å². The van der Waals surface area contributed by atoms with E-state index in [2.05, 4.69) is 41.8 Å². The second kappa shape index (κ2) is 5.84. The minimum absolute atomic E-state index is 0.132. The Balaban J connectivity index is 1.59. The molecule has 2 N–H and O–H groups in total. The molecule has 0 bridgehead atoms. The van der Waals surface area contributed by atoms with E-state index in [0.717, 1.165) is 24.1 Å². The van der Waals surface area contributed by atoms with Gasteiger partial charge in [0.05, 0.1) is 0 Å². The van der Waals surface area contributed by atoms with E-state index in [1.165, 1.54) is 11.1 Å². The average molecular weight is 294 g/mol. The van der Waals surface area contributed by atoms with Crippen LogP contribution in [-0.4, -0.2) is 12.6 Å². The van der Waals surface area contributed by atoms with Crippen molar-refractivity contribution in [2.75, 3.05) is 11.9 Å². The van der Waals surface area contributed by atoms with Gasteiger partial charge in [0.25, 0.3) is 0 Å². The van der Waals surface area contributed by atoms with Crippen LogP contribution < -0.4 is 10.6 Å². The van der Waals surface area contributed by atoms with Crippen molar-refractivity contribution < 1.29 is 4.79 Å². The van der Waals surface area contributed by atoms with E-state index >= 15 is 0 Å². The van der Waals surface area contributed by atoms with Crippen LogP contribution >= 0.6 is 0 Å². The number of hydrogen-bond donors (Lipinski definition) is 2. The molecule has 1 fully saturated rings. The highest BCUT2D eigenvalue weighted by Crippen LogP contribution is 2.47. The van der Waals surface area contributed by atoms with Gasteiger partial charge in [0.15, 0.2) is 0 Å². The zero-order valence-electron chi connectivity index (χ0n) is 13.1. The summed E-state index contributed by atoms with van der Waals surface area (Å²) in [4.78, 5) is 12.1. The Kier molecular flexibility index (Phi) is 3.88. The van der Waals surface area contributed by atoms with Crippen LogP contribution in [0.25, 0.3) is 0 Å². The number of carbonyl (C=O) groups excluding carboxylic acids is 1. The van der Waals surface area contributed by atoms with Crippen molar-refractivity contribution in [3.63, 3.8) is 0 Å². The highest BCUT2D eigenvalue weighted by atomic mass is 16.2. The molecule has 2 aromatic carbocycles. The number of carbonyl (C=O) groups is 1. The zero-order valence-corrected chi connectivity index (χ0v) is 13.1. The van der Waals surface area contributed by atoms with Crippen LogP contribution in [0.1, 0.15) is 29.5 Å². The van der Waals surface area contributed by atoms with Crippen LogP contribution in [0.3, 0.4) is 0 Å². The molecular formula is C19H22N2O. The molecule has 0 atom stereocenters. The van der Waals surface area contributed by atoms with Gasteiger partial charge in [-0.2, -0.15) is 0 Å². The molecule has 1 aliphatic rings. The van der Waals surface area contributed by atoms with Crippen LogP contribution in [0.5, 0.6) is 0 Å². The fourth-order valence-corrected chi connectivity index (χ4v) is 2.75. The van der Waals surface area contributed by atoms with Crippen molar-refractivity contribution in [3.8, 4) is 0 Å². The fourth-order valence-electron chi connectivity index (χ4n) is 2.75. The van der Waals surface area contributed by atoms with Gasteiger partial charge in [-0.25, -0.2) is 4.79 Å². The van der Waals surface area contributed by atoms with E-state index in [-0.39, 0.29) is 11.4 Å². The molecule has 0 aliphatic heterocycles. The first-order valence-corrected chi connectivity index (χ1v) is 7.77. The van der Waals surface area contributed by atoms with Crippen molar-refractivity contribution in [3.05, 3.63) is 65.2 Å². The normalized spacial score (nSPS) is 15.2. The summed E-state index contributed by atoms with van der Waals surface area (Å²) in [6.07, 6.45) is 2.28. The highest BCUT2D eigenvalue weighted by molar-refractivity contribution is 5.90. The summed E-state index contributed by atoms with van der Waals surface area (Å²) in [5, 5.41) is 5.95. The van der Waals surface area contributed by atoms with Crippen LogP contribution in [0.4, 0.5) is 10.5 Å². The lowest BCUT2D eigenvalue weighted by Crippen LogP contribution is -2.35. The first-order chi connectivity index (χ1) is 10.6. The summed E-state index contributed by atoms with van der Waals surface area (Å²) in [5.41, 5.74) is 4.66. The minimum atomic E-state index is -0.132. The summed E-state index contributed by atoms with van der Waals surface area (Å²) in [6, 6.07) is 16.3. The van der Waals surface area contributed by atoms with Gasteiger partial charge in [0, 0.05) is 17.6 Å². The molecule has 2 amide bonds. The van der Waals surface area contributed by atoms with Gasteiger partial charge in [-0.05, 0) is 43.9 Å². The van der Waals surface area contributed by atoms with E-state index in [4.69, 9.17) is 0 Å². The number of nitrogens with one attached hydrogen (secondary N) is 2. The molecule has 3 nitrogen and oxygen atoms in total. The number of hydrogen-bond acceptors (Lipinski definition) is 1. The number of aryl methyl sites for hydroxylation is 2. The lowest BCUT2D eigenvalue weighted by molar-refractivity contribution is 0.251. The Hall–Kier alpha value is -2.29. The summed E-state index contributed by atoms with van der Waals surface area (Å²) in [7, 11) is 0. The lowest BCUT2D eigenvalue weighted by Gasteiger charge is -2.17. The maximum Gasteiger partial charge on any atom is 0.319 e. The maximum atomic E-state index is 12.1. The smallest absolute Gasteiger partial charge is 0.319 e. The molecule has 1 saturated carbocycles. The molecule has 0 heterocycles. The molecule has 3 rings (SSSR count). The number of benzene rings is 2. The zero-order chi connectivity index (χ0) is 15.6. The summed E-state index contributed by atoms with van der Waals surface area (Å²) < 4.78 is 0. The number of amides is 2. The highest BCUT2D eigenvalue weighted by Gasteiger charge is 2.44. The molecule has 22 heavy (non-hydrogen) atoms. The van der Waals surface area contributed by atoms with Crippen LogP contribution in [0.15, 0.2) is 48.5 Å². The first-order valence-electron chi connectivity index (χ1n) is 7.77. The molecule has 2 aromatic rings. The summed E-state index contributed by atoms with van der Waals surface area (Å²) in [5.74, 6) is 0. The lowest BCUT2D eigenvalue weighted by atomic mass is 9.95. The largest absolute Gasteiger partial charge is 0.337 e. The van der Waals surface area contributed by atoms with E-state index in [1.54, 1.807) is 0 Å². The molecule has 1 aliphatic carbocycles. The molecule has 0 radical (unpaired) electrons. The van der Waals surface area contributed by atoms with Gasteiger partial charge >= 0.3 is 6.03 Å². The quantitative estimate of drug-likeness (QED) is 0.873. The van der Waals surface area contributed by atoms with Gasteiger partial charge in [0.1, 0.15) is 0 Å². The third kappa shape index (κ3) is 3.14. The maximum absolute atomic E-state index is 12.1. The number of para-hydroxylation sites is 1. The molecule has 0 unspecified atom stereocenters. The van der Waals surface area contributed by atoms with E-state index in [1.807, 2.05) is 31.2 Å². The Morgan fingerprint density at radius 1 is 1.05 bits per heavy atom. The van der Waals surface area contributed by atoms with Crippen molar-refractivity contribution in [1.82, 2.24) is 5.32 Å². The molecule has 114 valence electrons. The predicted molar refractivity (Wildman–Crippen MR) is 90.3 cm³/mol. The summed E-state index contributed by atoms with van der Waals surface area (Å²) >= 11 is 0. The van der Waals surface area contributed by atoms with Crippen LogP contribution in [0.2, 0.25) is 0 Å². The van der Waals surface area contributed by atoms with Gasteiger partial charge in [-0.3, -0.25) is 0 Å².